The van der Waals surface area contributed by atoms with Crippen molar-refractivity contribution in [2.75, 3.05) is 24.8 Å². The van der Waals surface area contributed by atoms with E-state index in [0.717, 1.165) is 6.26 Å². The van der Waals surface area contributed by atoms with Crippen LogP contribution >= 0.6 is 0 Å². The highest BCUT2D eigenvalue weighted by Crippen LogP contribution is 2.32. The fourth-order valence-electron chi connectivity index (χ4n) is 1.96. The maximum atomic E-state index is 11.6. The number of carbonyl (C=O) groups is 2. The molecule has 1 aliphatic heterocycles. The number of primary amides is 1. The molecule has 140 valence electrons. The van der Waals surface area contributed by atoms with Gasteiger partial charge in [-0.05, 0) is 39.0 Å². The van der Waals surface area contributed by atoms with Gasteiger partial charge in [-0.2, -0.15) is 0 Å². The highest BCUT2D eigenvalue weighted by molar-refractivity contribution is 7.90. The lowest BCUT2D eigenvalue weighted by Gasteiger charge is -2.16. The van der Waals surface area contributed by atoms with Gasteiger partial charge >= 0.3 is 6.09 Å². The highest BCUT2D eigenvalue weighted by atomic mass is 32.2. The Bertz CT molecular complexity index is 752. The number of benzene rings is 1. The van der Waals surface area contributed by atoms with Crippen molar-refractivity contribution in [3.63, 3.8) is 0 Å². The topological polar surface area (TPSA) is 116 Å². The molecule has 0 saturated carbocycles. The Morgan fingerprint density at radius 1 is 1.32 bits per heavy atom. The minimum Gasteiger partial charge on any atom is -0.491 e. The van der Waals surface area contributed by atoms with Crippen LogP contribution in [0.2, 0.25) is 0 Å². The van der Waals surface area contributed by atoms with Crippen LogP contribution in [0.4, 0.5) is 10.5 Å². The average Bonchev–Trinajstić information content (AvgIpc) is 2.56. The molecule has 0 bridgehead atoms. The minimum atomic E-state index is -3.28. The van der Waals surface area contributed by atoms with Crippen LogP contribution < -0.4 is 15.4 Å². The third kappa shape index (κ3) is 6.61. The van der Waals surface area contributed by atoms with E-state index in [-0.39, 0.29) is 10.8 Å². The van der Waals surface area contributed by atoms with E-state index in [0.29, 0.717) is 24.5 Å². The van der Waals surface area contributed by atoms with Crippen LogP contribution in [0.15, 0.2) is 23.1 Å². The summed E-state index contributed by atoms with van der Waals surface area (Å²) in [6.45, 7) is 5.60. The summed E-state index contributed by atoms with van der Waals surface area (Å²) in [5.74, 6) is 0.445. The Labute approximate surface area is 147 Å². The summed E-state index contributed by atoms with van der Waals surface area (Å²) >= 11 is 0. The lowest BCUT2D eigenvalue weighted by atomic mass is 10.2. The van der Waals surface area contributed by atoms with Crippen molar-refractivity contribution in [2.24, 2.45) is 5.73 Å². The first-order chi connectivity index (χ1) is 11.3. The van der Waals surface area contributed by atoms with Gasteiger partial charge in [0.2, 0.25) is 5.91 Å². The van der Waals surface area contributed by atoms with E-state index in [1.54, 1.807) is 33.9 Å². The summed E-state index contributed by atoms with van der Waals surface area (Å²) in [5.41, 5.74) is 4.76. The van der Waals surface area contributed by atoms with Crippen molar-refractivity contribution < 1.29 is 27.5 Å². The molecular weight excluding hydrogens is 348 g/mol. The molecule has 0 aliphatic carbocycles. The quantitative estimate of drug-likeness (QED) is 0.802. The molecule has 8 nitrogen and oxygen atoms in total. The van der Waals surface area contributed by atoms with E-state index in [4.69, 9.17) is 10.5 Å². The van der Waals surface area contributed by atoms with Crippen molar-refractivity contribution >= 4 is 27.5 Å². The lowest BCUT2D eigenvalue weighted by molar-refractivity contribution is -0.118. The maximum Gasteiger partial charge on any atom is 0.405 e. The van der Waals surface area contributed by atoms with Crippen molar-refractivity contribution in [1.82, 2.24) is 0 Å². The molecule has 0 spiro atoms. The molecule has 2 rings (SSSR count). The van der Waals surface area contributed by atoms with Crippen LogP contribution in [0, 0.1) is 0 Å². The molecule has 0 saturated heterocycles. The van der Waals surface area contributed by atoms with Gasteiger partial charge < -0.3 is 20.1 Å². The molecule has 9 heteroatoms. The molecule has 0 unspecified atom stereocenters. The van der Waals surface area contributed by atoms with E-state index >= 15 is 0 Å². The molecule has 0 radical (unpaired) electrons. The van der Waals surface area contributed by atoms with E-state index < -0.39 is 21.5 Å². The summed E-state index contributed by atoms with van der Waals surface area (Å²) in [6, 6.07) is 4.53. The number of hydrogen-bond acceptors (Lipinski definition) is 6. The van der Waals surface area contributed by atoms with Crippen molar-refractivity contribution in [1.29, 1.82) is 0 Å². The van der Waals surface area contributed by atoms with Gasteiger partial charge in [0.25, 0.3) is 0 Å². The number of rotatable bonds is 1. The first kappa shape index (κ1) is 20.8. The molecule has 1 aromatic carbocycles. The standard InChI is InChI=1S/C11H13NO4S.C5H11NO2/c1-12-9-7-8(17(2,14)15)3-4-10(9)16-6-5-11(12)13;1-5(2,3)8-4(6)7/h3-4,7H,5-6H2,1-2H3;1-3H3,(H2,6,7). The van der Waals surface area contributed by atoms with Crippen LogP contribution in [0.1, 0.15) is 27.2 Å². The predicted molar refractivity (Wildman–Crippen MR) is 93.5 cm³/mol. The Kier molecular flexibility index (Phi) is 6.42. The molecule has 2 N–H and O–H groups in total. The predicted octanol–water partition coefficient (Wildman–Crippen LogP) is 1.72. The van der Waals surface area contributed by atoms with Gasteiger partial charge in [-0.1, -0.05) is 0 Å². The normalized spacial score (nSPS) is 14.4. The highest BCUT2D eigenvalue weighted by Gasteiger charge is 2.21. The van der Waals surface area contributed by atoms with Gasteiger partial charge in [0.1, 0.15) is 11.4 Å². The summed E-state index contributed by atoms with van der Waals surface area (Å²) in [4.78, 5) is 23.3. The van der Waals surface area contributed by atoms with E-state index in [2.05, 4.69) is 4.74 Å². The zero-order chi connectivity index (χ0) is 19.4. The second-order valence-corrected chi connectivity index (χ2v) is 8.50. The molecule has 25 heavy (non-hydrogen) atoms. The molecule has 0 fully saturated rings. The van der Waals surface area contributed by atoms with Gasteiger partial charge in [-0.3, -0.25) is 4.79 Å². The van der Waals surface area contributed by atoms with Gasteiger partial charge in [0.15, 0.2) is 9.84 Å². The SMILES string of the molecule is CC(C)(C)OC(N)=O.CN1C(=O)CCOc2ccc(S(C)(=O)=O)cc21. The van der Waals surface area contributed by atoms with E-state index in [1.807, 2.05) is 0 Å². The summed E-state index contributed by atoms with van der Waals surface area (Å²) in [5, 5.41) is 0. The van der Waals surface area contributed by atoms with Gasteiger partial charge in [-0.15, -0.1) is 0 Å². The third-order valence-electron chi connectivity index (χ3n) is 3.07. The molecule has 0 aromatic heterocycles. The number of nitrogens with two attached hydrogens (primary N) is 1. The number of ether oxygens (including phenoxy) is 2. The zero-order valence-electron chi connectivity index (χ0n) is 15.0. The fraction of sp³-hybridized carbons (Fsp3) is 0.500. The second-order valence-electron chi connectivity index (χ2n) is 6.49. The molecule has 1 aromatic rings. The molecular formula is C16H24N2O6S. The minimum absolute atomic E-state index is 0.0885. The Balaban J connectivity index is 0.000000333. The van der Waals surface area contributed by atoms with Crippen LogP contribution in [-0.2, 0) is 19.4 Å². The fourth-order valence-corrected chi connectivity index (χ4v) is 2.61. The molecule has 1 aliphatic rings. The average molecular weight is 372 g/mol. The number of sulfone groups is 1. The monoisotopic (exact) mass is 372 g/mol. The number of anilines is 1. The molecule has 0 atom stereocenters. The van der Waals surface area contributed by atoms with Crippen molar-refractivity contribution in [3.8, 4) is 5.75 Å². The van der Waals surface area contributed by atoms with Gasteiger partial charge in [-0.25, -0.2) is 13.2 Å². The number of amides is 2. The maximum absolute atomic E-state index is 11.6. The number of hydrogen-bond donors (Lipinski definition) is 1. The second kappa shape index (κ2) is 7.73. The number of fused-ring (bicyclic) bond motifs is 1. The van der Waals surface area contributed by atoms with Crippen LogP contribution in [-0.4, -0.2) is 45.9 Å². The van der Waals surface area contributed by atoms with Crippen LogP contribution in [0.5, 0.6) is 5.75 Å². The summed E-state index contributed by atoms with van der Waals surface area (Å²) in [7, 11) is -1.67. The van der Waals surface area contributed by atoms with Crippen LogP contribution in [0.3, 0.4) is 0 Å². The van der Waals surface area contributed by atoms with Crippen LogP contribution in [0.25, 0.3) is 0 Å². The first-order valence-electron chi connectivity index (χ1n) is 7.53. The lowest BCUT2D eigenvalue weighted by Crippen LogP contribution is -2.27. The largest absolute Gasteiger partial charge is 0.491 e. The van der Waals surface area contributed by atoms with E-state index in [9.17, 15) is 18.0 Å². The summed E-state index contributed by atoms with van der Waals surface area (Å²) in [6.07, 6.45) is 0.700. The third-order valence-corrected chi connectivity index (χ3v) is 4.18. The Morgan fingerprint density at radius 3 is 2.36 bits per heavy atom. The zero-order valence-corrected chi connectivity index (χ0v) is 15.8. The Morgan fingerprint density at radius 2 is 1.92 bits per heavy atom. The molecule has 2 amide bonds. The Hall–Kier alpha value is -2.29. The number of carbonyl (C=O) groups excluding carboxylic acids is 2. The number of nitrogens with zero attached hydrogens (tertiary/aromatic N) is 1. The first-order valence-corrected chi connectivity index (χ1v) is 9.42. The van der Waals surface area contributed by atoms with Crippen molar-refractivity contribution in [3.05, 3.63) is 18.2 Å². The van der Waals surface area contributed by atoms with Gasteiger partial charge in [0, 0.05) is 13.3 Å². The smallest absolute Gasteiger partial charge is 0.405 e. The van der Waals surface area contributed by atoms with E-state index in [1.165, 1.54) is 17.0 Å². The summed E-state index contributed by atoms with van der Waals surface area (Å²) < 4.78 is 32.9. The molecule has 1 heterocycles. The van der Waals surface area contributed by atoms with Crippen molar-refractivity contribution in [2.45, 2.75) is 37.7 Å². The van der Waals surface area contributed by atoms with Gasteiger partial charge in [0.05, 0.1) is 23.6 Å².